The highest BCUT2D eigenvalue weighted by atomic mass is 16.3. The molecular formula is C11H17NO. The topological polar surface area (TPSA) is 33.1 Å². The van der Waals surface area contributed by atoms with Crippen LogP contribution in [-0.2, 0) is 6.61 Å². The second kappa shape index (κ2) is 3.88. The Hall–Kier alpha value is -0.890. The Morgan fingerprint density at radius 1 is 1.38 bits per heavy atom. The first-order valence-corrected chi connectivity index (χ1v) is 4.63. The molecule has 0 radical (unpaired) electrons. The van der Waals surface area contributed by atoms with Crippen molar-refractivity contribution in [3.8, 4) is 0 Å². The van der Waals surface area contributed by atoms with Crippen LogP contribution in [0.2, 0.25) is 0 Å². The largest absolute Gasteiger partial charge is 0.392 e. The van der Waals surface area contributed by atoms with Gasteiger partial charge in [-0.2, -0.15) is 0 Å². The fourth-order valence-electron chi connectivity index (χ4n) is 1.80. The number of aliphatic hydroxyl groups is 1. The number of pyridine rings is 1. The fraction of sp³-hybridized carbons (Fsp3) is 0.545. The van der Waals surface area contributed by atoms with Crippen molar-refractivity contribution in [3.05, 3.63) is 28.6 Å². The van der Waals surface area contributed by atoms with Crippen LogP contribution in [0.1, 0.15) is 42.1 Å². The molecule has 2 heteroatoms. The van der Waals surface area contributed by atoms with Crippen LogP contribution in [0, 0.1) is 13.8 Å². The molecule has 1 aromatic rings. The average molecular weight is 179 g/mol. The lowest BCUT2D eigenvalue weighted by Gasteiger charge is -2.14. The molecule has 1 N–H and O–H groups in total. The van der Waals surface area contributed by atoms with E-state index in [1.165, 1.54) is 11.1 Å². The number of aliphatic hydroxyl groups excluding tert-OH is 1. The van der Waals surface area contributed by atoms with Crippen molar-refractivity contribution in [1.82, 2.24) is 4.98 Å². The van der Waals surface area contributed by atoms with Gasteiger partial charge in [-0.3, -0.25) is 4.98 Å². The van der Waals surface area contributed by atoms with Gasteiger partial charge in [0.25, 0.3) is 0 Å². The Balaban J connectivity index is 3.30. The first kappa shape index (κ1) is 10.2. The Kier molecular flexibility index (Phi) is 3.04. The summed E-state index contributed by atoms with van der Waals surface area (Å²) in [5.41, 5.74) is 4.47. The number of hydrogen-bond donors (Lipinski definition) is 1. The van der Waals surface area contributed by atoms with Crippen molar-refractivity contribution in [1.29, 1.82) is 0 Å². The Labute approximate surface area is 79.6 Å². The highest BCUT2D eigenvalue weighted by Crippen LogP contribution is 2.23. The summed E-state index contributed by atoms with van der Waals surface area (Å²) in [6, 6.07) is 0. The van der Waals surface area contributed by atoms with E-state index in [-0.39, 0.29) is 6.61 Å². The molecule has 0 saturated carbocycles. The first-order valence-electron chi connectivity index (χ1n) is 4.63. The van der Waals surface area contributed by atoms with Gasteiger partial charge >= 0.3 is 0 Å². The van der Waals surface area contributed by atoms with Gasteiger partial charge in [-0.05, 0) is 36.5 Å². The molecule has 13 heavy (non-hydrogen) atoms. The third-order valence-corrected chi connectivity index (χ3v) is 2.44. The number of aryl methyl sites for hydroxylation is 1. The summed E-state index contributed by atoms with van der Waals surface area (Å²) in [5.74, 6) is 0.471. The van der Waals surface area contributed by atoms with E-state index in [0.29, 0.717) is 5.92 Å². The van der Waals surface area contributed by atoms with Gasteiger partial charge in [-0.15, -0.1) is 0 Å². The smallest absolute Gasteiger partial charge is 0.0699 e. The lowest BCUT2D eigenvalue weighted by molar-refractivity contribution is 0.280. The molecule has 0 amide bonds. The van der Waals surface area contributed by atoms with Gasteiger partial charge in [0.2, 0.25) is 0 Å². The molecule has 0 aliphatic rings. The Morgan fingerprint density at radius 3 is 2.46 bits per heavy atom. The number of nitrogens with zero attached hydrogens (tertiary/aromatic N) is 1. The predicted octanol–water partition coefficient (Wildman–Crippen LogP) is 2.31. The molecule has 1 rings (SSSR count). The monoisotopic (exact) mass is 179 g/mol. The van der Waals surface area contributed by atoms with Gasteiger partial charge in [0.1, 0.15) is 0 Å². The van der Waals surface area contributed by atoms with Gasteiger partial charge < -0.3 is 5.11 Å². The molecular weight excluding hydrogens is 162 g/mol. The van der Waals surface area contributed by atoms with Gasteiger partial charge in [0, 0.05) is 11.9 Å². The molecule has 0 fully saturated rings. The molecule has 0 atom stereocenters. The SMILES string of the molecule is Cc1ncc(CO)c(C)c1C(C)C. The van der Waals surface area contributed by atoms with Gasteiger partial charge in [0.05, 0.1) is 6.61 Å². The standard InChI is InChI=1S/C11H17NO/c1-7(2)11-8(3)10(6-13)5-12-9(11)4/h5,7,13H,6H2,1-4H3. The van der Waals surface area contributed by atoms with Crippen LogP contribution >= 0.6 is 0 Å². The normalized spacial score (nSPS) is 10.9. The van der Waals surface area contributed by atoms with E-state index >= 15 is 0 Å². The van der Waals surface area contributed by atoms with Gasteiger partial charge in [-0.1, -0.05) is 13.8 Å². The molecule has 0 aromatic carbocycles. The summed E-state index contributed by atoms with van der Waals surface area (Å²) >= 11 is 0. The molecule has 0 spiro atoms. The lowest BCUT2D eigenvalue weighted by Crippen LogP contribution is -2.03. The molecule has 0 aliphatic heterocycles. The van der Waals surface area contributed by atoms with Crippen LogP contribution in [0.3, 0.4) is 0 Å². The zero-order valence-electron chi connectivity index (χ0n) is 8.76. The van der Waals surface area contributed by atoms with Crippen molar-refractivity contribution in [3.63, 3.8) is 0 Å². The maximum atomic E-state index is 9.08. The van der Waals surface area contributed by atoms with Crippen LogP contribution in [0.5, 0.6) is 0 Å². The second-order valence-corrected chi connectivity index (χ2v) is 3.72. The number of hydrogen-bond acceptors (Lipinski definition) is 2. The summed E-state index contributed by atoms with van der Waals surface area (Å²) in [6.45, 7) is 8.45. The van der Waals surface area contributed by atoms with Crippen molar-refractivity contribution in [2.24, 2.45) is 0 Å². The molecule has 1 heterocycles. The fourth-order valence-corrected chi connectivity index (χ4v) is 1.80. The van der Waals surface area contributed by atoms with Crippen LogP contribution < -0.4 is 0 Å². The van der Waals surface area contributed by atoms with E-state index in [1.807, 2.05) is 6.92 Å². The van der Waals surface area contributed by atoms with Crippen molar-refractivity contribution < 1.29 is 5.11 Å². The Morgan fingerprint density at radius 2 is 2.00 bits per heavy atom. The molecule has 0 bridgehead atoms. The number of aromatic nitrogens is 1. The van der Waals surface area contributed by atoms with Gasteiger partial charge in [0.15, 0.2) is 0 Å². The predicted molar refractivity (Wildman–Crippen MR) is 53.7 cm³/mol. The van der Waals surface area contributed by atoms with E-state index in [9.17, 15) is 0 Å². The van der Waals surface area contributed by atoms with E-state index in [1.54, 1.807) is 6.20 Å². The highest BCUT2D eigenvalue weighted by Gasteiger charge is 2.10. The zero-order valence-corrected chi connectivity index (χ0v) is 8.76. The zero-order chi connectivity index (χ0) is 10.0. The summed E-state index contributed by atoms with van der Waals surface area (Å²) in [6.07, 6.45) is 1.76. The van der Waals surface area contributed by atoms with Crippen LogP contribution in [0.15, 0.2) is 6.20 Å². The molecule has 2 nitrogen and oxygen atoms in total. The van der Waals surface area contributed by atoms with Crippen molar-refractivity contribution in [2.75, 3.05) is 0 Å². The van der Waals surface area contributed by atoms with Crippen molar-refractivity contribution in [2.45, 2.75) is 40.2 Å². The molecule has 0 aliphatic carbocycles. The third kappa shape index (κ3) is 1.89. The minimum absolute atomic E-state index is 0.0822. The average Bonchev–Trinajstić information content (AvgIpc) is 2.04. The Bertz CT molecular complexity index is 305. The quantitative estimate of drug-likeness (QED) is 0.755. The maximum Gasteiger partial charge on any atom is 0.0699 e. The number of rotatable bonds is 2. The second-order valence-electron chi connectivity index (χ2n) is 3.72. The summed E-state index contributed by atoms with van der Waals surface area (Å²) in [7, 11) is 0. The summed E-state index contributed by atoms with van der Waals surface area (Å²) in [4.78, 5) is 4.27. The summed E-state index contributed by atoms with van der Waals surface area (Å²) < 4.78 is 0. The van der Waals surface area contributed by atoms with E-state index in [2.05, 4.69) is 25.8 Å². The summed E-state index contributed by atoms with van der Waals surface area (Å²) in [5, 5.41) is 9.08. The van der Waals surface area contributed by atoms with Crippen LogP contribution in [0.4, 0.5) is 0 Å². The molecule has 0 saturated heterocycles. The maximum absolute atomic E-state index is 9.08. The highest BCUT2D eigenvalue weighted by molar-refractivity contribution is 5.36. The molecule has 0 unspecified atom stereocenters. The van der Waals surface area contributed by atoms with Crippen molar-refractivity contribution >= 4 is 0 Å². The van der Waals surface area contributed by atoms with Gasteiger partial charge in [-0.25, -0.2) is 0 Å². The third-order valence-electron chi connectivity index (χ3n) is 2.44. The van der Waals surface area contributed by atoms with E-state index in [0.717, 1.165) is 11.3 Å². The molecule has 72 valence electrons. The van der Waals surface area contributed by atoms with Crippen LogP contribution in [0.25, 0.3) is 0 Å². The minimum Gasteiger partial charge on any atom is -0.392 e. The minimum atomic E-state index is 0.0822. The van der Waals surface area contributed by atoms with E-state index in [4.69, 9.17) is 5.11 Å². The van der Waals surface area contributed by atoms with E-state index < -0.39 is 0 Å². The van der Waals surface area contributed by atoms with Crippen LogP contribution in [-0.4, -0.2) is 10.1 Å². The first-order chi connectivity index (χ1) is 6.07. The molecule has 1 aromatic heterocycles. The lowest BCUT2D eigenvalue weighted by atomic mass is 9.94.